The van der Waals surface area contributed by atoms with Crippen LogP contribution in [-0.2, 0) is 17.9 Å². The summed E-state index contributed by atoms with van der Waals surface area (Å²) in [4.78, 5) is 25.9. The van der Waals surface area contributed by atoms with Crippen molar-refractivity contribution in [1.82, 2.24) is 19.9 Å². The molecule has 8 heteroatoms. The van der Waals surface area contributed by atoms with Crippen LogP contribution in [0.1, 0.15) is 29.2 Å². The second-order valence-electron chi connectivity index (χ2n) is 4.80. The highest BCUT2D eigenvalue weighted by Gasteiger charge is 2.19. The van der Waals surface area contributed by atoms with Crippen molar-refractivity contribution in [2.24, 2.45) is 0 Å². The first-order chi connectivity index (χ1) is 9.97. The number of aromatic carboxylic acids is 1. The maximum Gasteiger partial charge on any atom is 0.358 e. The van der Waals surface area contributed by atoms with E-state index < -0.39 is 5.97 Å². The van der Waals surface area contributed by atoms with E-state index in [2.05, 4.69) is 10.3 Å². The molecule has 0 aliphatic rings. The Morgan fingerprint density at radius 1 is 1.48 bits per heavy atom. The second-order valence-corrected chi connectivity index (χ2v) is 5.83. The molecule has 1 amide bonds. The summed E-state index contributed by atoms with van der Waals surface area (Å²) in [6.45, 7) is 4.39. The lowest BCUT2D eigenvalue weighted by molar-refractivity contribution is -0.134. The summed E-state index contributed by atoms with van der Waals surface area (Å²) in [6, 6.07) is 3.97. The number of amides is 1. The zero-order chi connectivity index (χ0) is 15.4. The minimum atomic E-state index is -1.16. The van der Waals surface area contributed by atoms with Crippen LogP contribution in [0.3, 0.4) is 0 Å². The first kappa shape index (κ1) is 15.2. The van der Waals surface area contributed by atoms with E-state index >= 15 is 0 Å². The highest BCUT2D eigenvalue weighted by atomic mass is 32.1. The van der Waals surface area contributed by atoms with Crippen molar-refractivity contribution in [3.63, 3.8) is 0 Å². The van der Waals surface area contributed by atoms with E-state index in [0.717, 1.165) is 4.88 Å². The fourth-order valence-corrected chi connectivity index (χ4v) is 2.53. The lowest BCUT2D eigenvalue weighted by Crippen LogP contribution is -2.38. The molecule has 2 aromatic rings. The second kappa shape index (κ2) is 6.49. The van der Waals surface area contributed by atoms with E-state index in [0.29, 0.717) is 6.54 Å². The van der Waals surface area contributed by atoms with Crippen molar-refractivity contribution in [3.8, 4) is 0 Å². The molecule has 0 aromatic carbocycles. The Labute approximate surface area is 125 Å². The van der Waals surface area contributed by atoms with E-state index in [-0.39, 0.29) is 24.2 Å². The molecule has 2 aromatic heterocycles. The predicted octanol–water partition coefficient (Wildman–Crippen LogP) is 1.47. The number of hydrogen-bond donors (Lipinski definition) is 1. The Hall–Kier alpha value is -2.22. The minimum absolute atomic E-state index is 0.0240. The van der Waals surface area contributed by atoms with Crippen LogP contribution in [0.4, 0.5) is 0 Å². The molecule has 0 saturated heterocycles. The summed E-state index contributed by atoms with van der Waals surface area (Å²) in [7, 11) is 0. The van der Waals surface area contributed by atoms with Crippen LogP contribution in [0.2, 0.25) is 0 Å². The molecule has 0 radical (unpaired) electrons. The van der Waals surface area contributed by atoms with E-state index in [9.17, 15) is 9.59 Å². The molecule has 0 fully saturated rings. The van der Waals surface area contributed by atoms with Gasteiger partial charge in [-0.2, -0.15) is 0 Å². The molecule has 0 saturated carbocycles. The van der Waals surface area contributed by atoms with E-state index in [4.69, 9.17) is 5.11 Å². The first-order valence-corrected chi connectivity index (χ1v) is 7.30. The van der Waals surface area contributed by atoms with Crippen LogP contribution in [0.25, 0.3) is 0 Å². The number of nitrogens with zero attached hydrogens (tertiary/aromatic N) is 4. The number of carbonyl (C=O) groups excluding carboxylic acids is 1. The van der Waals surface area contributed by atoms with Gasteiger partial charge in [0.15, 0.2) is 5.69 Å². The van der Waals surface area contributed by atoms with Crippen LogP contribution in [0, 0.1) is 0 Å². The first-order valence-electron chi connectivity index (χ1n) is 6.42. The lowest BCUT2D eigenvalue weighted by atomic mass is 10.3. The normalized spacial score (nSPS) is 10.8. The van der Waals surface area contributed by atoms with Gasteiger partial charge in [-0.1, -0.05) is 11.3 Å². The van der Waals surface area contributed by atoms with Gasteiger partial charge in [0.05, 0.1) is 12.7 Å². The summed E-state index contributed by atoms with van der Waals surface area (Å²) in [5, 5.41) is 17.9. The van der Waals surface area contributed by atoms with Crippen LogP contribution in [0.15, 0.2) is 23.7 Å². The number of aromatic nitrogens is 3. The molecule has 112 valence electrons. The number of thiophene rings is 1. The van der Waals surface area contributed by atoms with Crippen molar-refractivity contribution in [1.29, 1.82) is 0 Å². The van der Waals surface area contributed by atoms with Crippen LogP contribution >= 0.6 is 11.3 Å². The van der Waals surface area contributed by atoms with Gasteiger partial charge in [0, 0.05) is 10.9 Å². The Kier molecular flexibility index (Phi) is 4.69. The molecule has 7 nitrogen and oxygen atoms in total. The van der Waals surface area contributed by atoms with E-state index in [1.807, 2.05) is 31.4 Å². The zero-order valence-electron chi connectivity index (χ0n) is 11.8. The molecule has 2 heterocycles. The third-order valence-electron chi connectivity index (χ3n) is 2.90. The fourth-order valence-electron chi connectivity index (χ4n) is 1.83. The van der Waals surface area contributed by atoms with Crippen molar-refractivity contribution in [2.45, 2.75) is 33.0 Å². The van der Waals surface area contributed by atoms with Crippen molar-refractivity contribution in [2.75, 3.05) is 0 Å². The van der Waals surface area contributed by atoms with Gasteiger partial charge < -0.3 is 10.0 Å². The number of carbonyl (C=O) groups is 2. The van der Waals surface area contributed by atoms with Gasteiger partial charge in [0.25, 0.3) is 0 Å². The molecule has 0 atom stereocenters. The van der Waals surface area contributed by atoms with Gasteiger partial charge in [-0.05, 0) is 25.3 Å². The van der Waals surface area contributed by atoms with Crippen LogP contribution in [-0.4, -0.2) is 42.9 Å². The summed E-state index contributed by atoms with van der Waals surface area (Å²) in [6.07, 6.45) is 1.25. The molecule has 0 aliphatic carbocycles. The van der Waals surface area contributed by atoms with Crippen LogP contribution < -0.4 is 0 Å². The Bertz CT molecular complexity index is 621. The monoisotopic (exact) mass is 308 g/mol. The van der Waals surface area contributed by atoms with Gasteiger partial charge in [0.1, 0.15) is 6.54 Å². The maximum atomic E-state index is 12.4. The van der Waals surface area contributed by atoms with E-state index in [1.54, 1.807) is 16.2 Å². The fraction of sp³-hybridized carbons (Fsp3) is 0.385. The van der Waals surface area contributed by atoms with Crippen molar-refractivity contribution < 1.29 is 14.7 Å². The Morgan fingerprint density at radius 3 is 2.76 bits per heavy atom. The summed E-state index contributed by atoms with van der Waals surface area (Å²) in [5.74, 6) is -1.28. The number of carboxylic acids is 1. The minimum Gasteiger partial charge on any atom is -0.476 e. The standard InChI is InChI=1S/C13H16N4O3S/c1-9(2)17(6-10-4-3-5-21-10)12(18)8-16-7-11(13(19)20)14-15-16/h3-5,7,9H,6,8H2,1-2H3,(H,19,20). The van der Waals surface area contributed by atoms with Crippen molar-refractivity contribution >= 4 is 23.2 Å². The molecule has 1 N–H and O–H groups in total. The maximum absolute atomic E-state index is 12.4. The largest absolute Gasteiger partial charge is 0.476 e. The molecule has 0 aliphatic heterocycles. The molecule has 0 bridgehead atoms. The highest BCUT2D eigenvalue weighted by molar-refractivity contribution is 7.09. The predicted molar refractivity (Wildman–Crippen MR) is 77.0 cm³/mol. The Morgan fingerprint density at radius 2 is 2.24 bits per heavy atom. The lowest BCUT2D eigenvalue weighted by Gasteiger charge is -2.26. The summed E-state index contributed by atoms with van der Waals surface area (Å²) < 4.78 is 1.25. The molecular formula is C13H16N4O3S. The van der Waals surface area contributed by atoms with Gasteiger partial charge in [-0.15, -0.1) is 16.4 Å². The molecule has 0 spiro atoms. The molecule has 21 heavy (non-hydrogen) atoms. The number of carboxylic acid groups (broad SMARTS) is 1. The summed E-state index contributed by atoms with van der Waals surface area (Å²) >= 11 is 1.59. The van der Waals surface area contributed by atoms with Gasteiger partial charge in [0.2, 0.25) is 5.91 Å². The quantitative estimate of drug-likeness (QED) is 0.873. The molecule has 2 rings (SSSR count). The topological polar surface area (TPSA) is 88.3 Å². The Balaban J connectivity index is 2.05. The average Bonchev–Trinajstić information content (AvgIpc) is 3.06. The van der Waals surface area contributed by atoms with Crippen LogP contribution in [0.5, 0.6) is 0 Å². The third kappa shape index (κ3) is 3.88. The molecular weight excluding hydrogens is 292 g/mol. The zero-order valence-corrected chi connectivity index (χ0v) is 12.6. The smallest absolute Gasteiger partial charge is 0.358 e. The summed E-state index contributed by atoms with van der Waals surface area (Å²) in [5.41, 5.74) is -0.169. The van der Waals surface area contributed by atoms with E-state index in [1.165, 1.54) is 10.9 Å². The van der Waals surface area contributed by atoms with Gasteiger partial charge in [-0.25, -0.2) is 9.48 Å². The van der Waals surface area contributed by atoms with Gasteiger partial charge in [-0.3, -0.25) is 4.79 Å². The SMILES string of the molecule is CC(C)N(Cc1cccs1)C(=O)Cn1cc(C(=O)O)nn1. The third-order valence-corrected chi connectivity index (χ3v) is 3.77. The number of hydrogen-bond acceptors (Lipinski definition) is 5. The average molecular weight is 308 g/mol. The molecule has 0 unspecified atom stereocenters. The van der Waals surface area contributed by atoms with Gasteiger partial charge >= 0.3 is 5.97 Å². The highest BCUT2D eigenvalue weighted by Crippen LogP contribution is 2.14. The van der Waals surface area contributed by atoms with Crippen molar-refractivity contribution in [3.05, 3.63) is 34.3 Å². The number of rotatable bonds is 6.